The highest BCUT2D eigenvalue weighted by atomic mass is 32.2. The second kappa shape index (κ2) is 7.17. The highest BCUT2D eigenvalue weighted by Crippen LogP contribution is 2.23. The molecule has 1 unspecified atom stereocenters. The van der Waals surface area contributed by atoms with Gasteiger partial charge < -0.3 is 10.4 Å². The second-order valence-electron chi connectivity index (χ2n) is 5.01. The van der Waals surface area contributed by atoms with E-state index in [9.17, 15) is 5.11 Å². The van der Waals surface area contributed by atoms with Gasteiger partial charge in [0.25, 0.3) is 0 Å². The van der Waals surface area contributed by atoms with Crippen LogP contribution in [0.25, 0.3) is 0 Å². The molecule has 0 amide bonds. The van der Waals surface area contributed by atoms with E-state index in [-0.39, 0.29) is 12.6 Å². The van der Waals surface area contributed by atoms with Gasteiger partial charge in [-0.25, -0.2) is 0 Å². The van der Waals surface area contributed by atoms with Crippen molar-refractivity contribution in [1.29, 1.82) is 0 Å². The molecule has 1 fully saturated rings. The lowest BCUT2D eigenvalue weighted by Gasteiger charge is -2.28. The molecule has 1 aromatic carbocycles. The Hall–Kier alpha value is -0.510. The topological polar surface area (TPSA) is 32.3 Å². The highest BCUT2D eigenvalue weighted by Gasteiger charge is 2.18. The third-order valence-corrected chi connectivity index (χ3v) is 4.49. The van der Waals surface area contributed by atoms with Gasteiger partial charge in [0.15, 0.2) is 0 Å². The van der Waals surface area contributed by atoms with Crippen LogP contribution in [0.3, 0.4) is 0 Å². The van der Waals surface area contributed by atoms with Crippen LogP contribution in [0.5, 0.6) is 0 Å². The van der Waals surface area contributed by atoms with Gasteiger partial charge in [-0.05, 0) is 36.8 Å². The molecule has 0 bridgehead atoms. The summed E-state index contributed by atoms with van der Waals surface area (Å²) in [6, 6.07) is 9.18. The normalized spacial score (nSPS) is 18.8. The Labute approximate surface area is 114 Å². The average molecular weight is 265 g/mol. The van der Waals surface area contributed by atoms with Gasteiger partial charge in [-0.2, -0.15) is 0 Å². The Kier molecular flexibility index (Phi) is 5.54. The predicted octanol–water partition coefficient (Wildman–Crippen LogP) is 3.36. The van der Waals surface area contributed by atoms with Gasteiger partial charge in [-0.15, -0.1) is 11.8 Å². The number of aliphatic hydroxyl groups excluding tert-OH is 1. The maximum Gasteiger partial charge on any atom is 0.0626 e. The van der Waals surface area contributed by atoms with Crippen molar-refractivity contribution >= 4 is 11.8 Å². The molecule has 0 radical (unpaired) electrons. The van der Waals surface area contributed by atoms with E-state index in [4.69, 9.17) is 0 Å². The number of aliphatic hydroxyl groups is 1. The van der Waals surface area contributed by atoms with Gasteiger partial charge in [0.1, 0.15) is 0 Å². The Morgan fingerprint density at radius 2 is 1.89 bits per heavy atom. The minimum atomic E-state index is 0.0870. The Morgan fingerprint density at radius 3 is 2.44 bits per heavy atom. The molecule has 0 spiro atoms. The van der Waals surface area contributed by atoms with Crippen LogP contribution in [0.15, 0.2) is 29.2 Å². The molecule has 2 rings (SSSR count). The van der Waals surface area contributed by atoms with Gasteiger partial charge >= 0.3 is 0 Å². The maximum absolute atomic E-state index is 9.57. The molecule has 0 saturated heterocycles. The first kappa shape index (κ1) is 13.9. The fourth-order valence-electron chi connectivity index (χ4n) is 2.64. The van der Waals surface area contributed by atoms with E-state index in [1.165, 1.54) is 42.6 Å². The fourth-order valence-corrected chi connectivity index (χ4v) is 3.05. The van der Waals surface area contributed by atoms with Gasteiger partial charge in [-0.1, -0.05) is 31.4 Å². The number of hydrogen-bond acceptors (Lipinski definition) is 3. The van der Waals surface area contributed by atoms with Crippen molar-refractivity contribution < 1.29 is 5.11 Å². The smallest absolute Gasteiger partial charge is 0.0626 e. The number of nitrogens with one attached hydrogen (secondary N) is 1. The summed E-state index contributed by atoms with van der Waals surface area (Å²) in [5, 5.41) is 13.2. The molecular weight excluding hydrogens is 242 g/mol. The number of thioether (sulfide) groups is 1. The molecule has 1 aliphatic carbocycles. The van der Waals surface area contributed by atoms with Crippen LogP contribution >= 0.6 is 11.8 Å². The van der Waals surface area contributed by atoms with Crippen molar-refractivity contribution in [2.45, 2.75) is 49.1 Å². The summed E-state index contributed by atoms with van der Waals surface area (Å²) in [6.45, 7) is 0.176. The van der Waals surface area contributed by atoms with E-state index in [0.29, 0.717) is 6.04 Å². The zero-order valence-electron chi connectivity index (χ0n) is 11.1. The highest BCUT2D eigenvalue weighted by molar-refractivity contribution is 7.98. The molecule has 1 aromatic rings. The predicted molar refractivity (Wildman–Crippen MR) is 78.1 cm³/mol. The lowest BCUT2D eigenvalue weighted by Crippen LogP contribution is -2.36. The first-order chi connectivity index (χ1) is 8.83. The quantitative estimate of drug-likeness (QED) is 0.801. The van der Waals surface area contributed by atoms with Gasteiger partial charge in [0, 0.05) is 10.9 Å². The first-order valence-corrected chi connectivity index (χ1v) is 8.07. The molecule has 0 heterocycles. The molecule has 3 heteroatoms. The standard InChI is InChI=1S/C15H23NOS/c1-18-14-9-7-12(8-10-14)15(11-17)16-13-5-3-2-4-6-13/h7-10,13,15-17H,2-6,11H2,1H3. The summed E-state index contributed by atoms with van der Waals surface area (Å²) in [5.74, 6) is 0. The minimum absolute atomic E-state index is 0.0870. The number of rotatable bonds is 5. The van der Waals surface area contributed by atoms with Crippen LogP contribution in [-0.2, 0) is 0 Å². The summed E-state index contributed by atoms with van der Waals surface area (Å²) >= 11 is 1.75. The summed E-state index contributed by atoms with van der Waals surface area (Å²) in [7, 11) is 0. The Bertz CT molecular complexity index is 346. The van der Waals surface area contributed by atoms with Crippen molar-refractivity contribution in [2.24, 2.45) is 0 Å². The fraction of sp³-hybridized carbons (Fsp3) is 0.600. The number of hydrogen-bond donors (Lipinski definition) is 2. The second-order valence-corrected chi connectivity index (χ2v) is 5.89. The van der Waals surface area contributed by atoms with Gasteiger partial charge in [0.2, 0.25) is 0 Å². The molecule has 1 saturated carbocycles. The van der Waals surface area contributed by atoms with Crippen molar-refractivity contribution in [3.63, 3.8) is 0 Å². The molecular formula is C15H23NOS. The third kappa shape index (κ3) is 3.74. The number of benzene rings is 1. The first-order valence-electron chi connectivity index (χ1n) is 6.84. The molecule has 18 heavy (non-hydrogen) atoms. The van der Waals surface area contributed by atoms with Gasteiger partial charge in [-0.3, -0.25) is 0 Å². The summed E-state index contributed by atoms with van der Waals surface area (Å²) in [4.78, 5) is 1.27. The van der Waals surface area contributed by atoms with E-state index in [2.05, 4.69) is 35.8 Å². The zero-order chi connectivity index (χ0) is 12.8. The average Bonchev–Trinajstić information content (AvgIpc) is 2.46. The molecule has 2 N–H and O–H groups in total. The van der Waals surface area contributed by atoms with E-state index in [0.717, 1.165) is 0 Å². The SMILES string of the molecule is CSc1ccc(C(CO)NC2CCCCC2)cc1. The summed E-state index contributed by atoms with van der Waals surface area (Å²) in [5.41, 5.74) is 1.20. The molecule has 1 aliphatic rings. The lowest BCUT2D eigenvalue weighted by molar-refractivity contribution is 0.220. The Morgan fingerprint density at radius 1 is 1.22 bits per heavy atom. The lowest BCUT2D eigenvalue weighted by atomic mass is 9.94. The van der Waals surface area contributed by atoms with Crippen LogP contribution in [0, 0.1) is 0 Å². The van der Waals surface area contributed by atoms with E-state index in [1.807, 2.05) is 0 Å². The van der Waals surface area contributed by atoms with Crippen LogP contribution in [-0.4, -0.2) is 24.0 Å². The van der Waals surface area contributed by atoms with Crippen LogP contribution < -0.4 is 5.32 Å². The van der Waals surface area contributed by atoms with E-state index >= 15 is 0 Å². The zero-order valence-corrected chi connectivity index (χ0v) is 11.9. The van der Waals surface area contributed by atoms with Crippen LogP contribution in [0.1, 0.15) is 43.7 Å². The third-order valence-electron chi connectivity index (χ3n) is 3.74. The van der Waals surface area contributed by atoms with E-state index in [1.54, 1.807) is 11.8 Å². The molecule has 2 nitrogen and oxygen atoms in total. The van der Waals surface area contributed by atoms with Crippen molar-refractivity contribution in [1.82, 2.24) is 5.32 Å². The molecule has 100 valence electrons. The van der Waals surface area contributed by atoms with Crippen molar-refractivity contribution in [3.8, 4) is 0 Å². The van der Waals surface area contributed by atoms with Crippen molar-refractivity contribution in [2.75, 3.05) is 12.9 Å². The molecule has 0 aliphatic heterocycles. The molecule has 0 aromatic heterocycles. The molecule has 1 atom stereocenters. The van der Waals surface area contributed by atoms with Crippen LogP contribution in [0.4, 0.5) is 0 Å². The largest absolute Gasteiger partial charge is 0.394 e. The van der Waals surface area contributed by atoms with Gasteiger partial charge in [0.05, 0.1) is 12.6 Å². The minimum Gasteiger partial charge on any atom is -0.394 e. The Balaban J connectivity index is 1.97. The monoisotopic (exact) mass is 265 g/mol. The van der Waals surface area contributed by atoms with Crippen LogP contribution in [0.2, 0.25) is 0 Å². The van der Waals surface area contributed by atoms with E-state index < -0.39 is 0 Å². The summed E-state index contributed by atoms with van der Waals surface area (Å²) in [6.07, 6.45) is 8.59. The van der Waals surface area contributed by atoms with Crippen molar-refractivity contribution in [3.05, 3.63) is 29.8 Å². The summed E-state index contributed by atoms with van der Waals surface area (Å²) < 4.78 is 0. The maximum atomic E-state index is 9.57.